The maximum absolute atomic E-state index is 14.7. The molecule has 0 spiro atoms. The molecule has 0 bridgehead atoms. The van der Waals surface area contributed by atoms with Crippen molar-refractivity contribution in [2.45, 2.75) is 6.54 Å². The number of nitrogens with one attached hydrogen (secondary N) is 1. The second kappa shape index (κ2) is 11.5. The fourth-order valence-electron chi connectivity index (χ4n) is 4.94. The molecule has 1 unspecified atom stereocenters. The second-order valence-corrected chi connectivity index (χ2v) is 11.4. The van der Waals surface area contributed by atoms with Crippen LogP contribution in [0.3, 0.4) is 0 Å². The van der Waals surface area contributed by atoms with Crippen LogP contribution in [0.15, 0.2) is 41.1 Å². The molecule has 16 heteroatoms. The molecule has 220 valence electrons. The largest absolute Gasteiger partial charge is 0.617 e. The van der Waals surface area contributed by atoms with Crippen LogP contribution in [0.2, 0.25) is 0 Å². The van der Waals surface area contributed by atoms with Gasteiger partial charge in [0.2, 0.25) is 11.8 Å². The topological polar surface area (TPSA) is 159 Å². The molecule has 5 aromatic rings. The lowest BCUT2D eigenvalue weighted by Crippen LogP contribution is -2.47. The number of nitrogen functional groups attached to an aromatic ring is 1. The van der Waals surface area contributed by atoms with Crippen molar-refractivity contribution in [3.63, 3.8) is 0 Å². The third-order valence-electron chi connectivity index (χ3n) is 7.14. The number of carbonyl (C=O) groups excluding carboxylic acids is 1. The zero-order valence-corrected chi connectivity index (χ0v) is 23.5. The summed E-state index contributed by atoms with van der Waals surface area (Å²) < 4.78 is 49.0. The van der Waals surface area contributed by atoms with Crippen LogP contribution >= 0.6 is 0 Å². The van der Waals surface area contributed by atoms with Crippen molar-refractivity contribution in [3.05, 3.63) is 53.9 Å². The van der Waals surface area contributed by atoms with E-state index in [-0.39, 0.29) is 29.5 Å². The van der Waals surface area contributed by atoms with Gasteiger partial charge in [-0.3, -0.25) is 9.69 Å². The number of aromatic nitrogens is 6. The Morgan fingerprint density at radius 1 is 1.14 bits per heavy atom. The Labute approximate surface area is 241 Å². The molecule has 0 radical (unpaired) electrons. The van der Waals surface area contributed by atoms with E-state index in [1.54, 1.807) is 34.2 Å². The van der Waals surface area contributed by atoms with Gasteiger partial charge in [0.15, 0.2) is 17.1 Å². The zero-order chi connectivity index (χ0) is 29.4. The van der Waals surface area contributed by atoms with Gasteiger partial charge in [-0.2, -0.15) is 14.6 Å². The van der Waals surface area contributed by atoms with Gasteiger partial charge in [-0.05, 0) is 18.2 Å². The molecule has 13 nitrogen and oxygen atoms in total. The summed E-state index contributed by atoms with van der Waals surface area (Å²) in [5, 5.41) is 12.1. The van der Waals surface area contributed by atoms with Crippen molar-refractivity contribution < 1.29 is 22.5 Å². The first kappa shape index (κ1) is 27.9. The van der Waals surface area contributed by atoms with Crippen LogP contribution in [-0.4, -0.2) is 96.0 Å². The van der Waals surface area contributed by atoms with E-state index in [1.165, 1.54) is 16.8 Å². The lowest BCUT2D eigenvalue weighted by Gasteiger charge is -2.36. The van der Waals surface area contributed by atoms with E-state index < -0.39 is 28.7 Å². The molecule has 1 aliphatic heterocycles. The molecule has 6 rings (SSSR count). The molecule has 1 saturated heterocycles. The predicted octanol–water partition coefficient (Wildman–Crippen LogP) is 1.52. The summed E-state index contributed by atoms with van der Waals surface area (Å²) in [5.41, 5.74) is 7.22. The van der Waals surface area contributed by atoms with Crippen LogP contribution in [0.25, 0.3) is 28.3 Å². The summed E-state index contributed by atoms with van der Waals surface area (Å²) in [6.45, 7) is 3.53. The third kappa shape index (κ3) is 5.47. The van der Waals surface area contributed by atoms with Crippen LogP contribution in [0.4, 0.5) is 20.4 Å². The van der Waals surface area contributed by atoms with Crippen molar-refractivity contribution in [3.8, 4) is 11.6 Å². The summed E-state index contributed by atoms with van der Waals surface area (Å²) in [4.78, 5) is 25.5. The average molecular weight is 599 g/mol. The monoisotopic (exact) mass is 598 g/mol. The predicted molar refractivity (Wildman–Crippen MR) is 152 cm³/mol. The fourth-order valence-corrected chi connectivity index (χ4v) is 5.33. The van der Waals surface area contributed by atoms with E-state index in [9.17, 15) is 18.1 Å². The fraction of sp³-hybridized carbons (Fsp3) is 0.346. The minimum Gasteiger partial charge on any atom is -0.617 e. The molecule has 42 heavy (non-hydrogen) atoms. The standard InChI is InChI=1S/C26H28F2N10O3S/c1-42(40)12-4-30-25(39)16-13-20(19(28)14-18(16)27)36-8-5-35(6-9-36)7-10-37-23-17(15-31-37)24-32-22(21-3-2-11-41-21)34-38(24)26(29)33-23/h2-3,11,13-15H,4-10,12H2,1H3,(H2,29,33)(H,30,39). The first-order chi connectivity index (χ1) is 20.3. The first-order valence-corrected chi connectivity index (χ1v) is 15.0. The Morgan fingerprint density at radius 2 is 1.95 bits per heavy atom. The zero-order valence-electron chi connectivity index (χ0n) is 22.7. The van der Waals surface area contributed by atoms with E-state index in [4.69, 9.17) is 10.2 Å². The number of hydrogen-bond acceptors (Lipinski definition) is 10. The highest BCUT2D eigenvalue weighted by atomic mass is 32.2. The molecule has 1 atom stereocenters. The number of hydrogen-bond donors (Lipinski definition) is 2. The highest BCUT2D eigenvalue weighted by Gasteiger charge is 2.24. The van der Waals surface area contributed by atoms with Gasteiger partial charge < -0.3 is 24.9 Å². The van der Waals surface area contributed by atoms with E-state index in [0.29, 0.717) is 67.5 Å². The molecule has 3 N–H and O–H groups in total. The van der Waals surface area contributed by atoms with Crippen LogP contribution in [0.5, 0.6) is 0 Å². The molecule has 0 saturated carbocycles. The van der Waals surface area contributed by atoms with Gasteiger partial charge in [-0.15, -0.1) is 5.10 Å². The van der Waals surface area contributed by atoms with Crippen LogP contribution in [-0.2, 0) is 17.7 Å². The molecule has 1 fully saturated rings. The van der Waals surface area contributed by atoms with Crippen molar-refractivity contribution in [1.29, 1.82) is 0 Å². The van der Waals surface area contributed by atoms with Gasteiger partial charge in [0, 0.05) is 38.8 Å². The van der Waals surface area contributed by atoms with Crippen molar-refractivity contribution in [1.82, 2.24) is 39.6 Å². The number of halogens is 2. The van der Waals surface area contributed by atoms with Crippen LogP contribution in [0.1, 0.15) is 10.4 Å². The number of piperazine rings is 1. The van der Waals surface area contributed by atoms with E-state index in [1.807, 2.05) is 0 Å². The molecule has 5 heterocycles. The molecule has 1 amide bonds. The molecule has 1 aliphatic rings. The summed E-state index contributed by atoms with van der Waals surface area (Å²) in [6, 6.07) is 5.49. The van der Waals surface area contributed by atoms with Crippen LogP contribution in [0, 0.1) is 11.6 Å². The summed E-state index contributed by atoms with van der Waals surface area (Å²) in [7, 11) is 0. The lowest BCUT2D eigenvalue weighted by molar-refractivity contribution is 0.0952. The summed E-state index contributed by atoms with van der Waals surface area (Å²) >= 11 is -1.09. The summed E-state index contributed by atoms with van der Waals surface area (Å²) in [5.74, 6) is -1.000. The second-order valence-electron chi connectivity index (χ2n) is 9.87. The maximum atomic E-state index is 14.7. The Hall–Kier alpha value is -4.28. The smallest absolute Gasteiger partial charge is 0.254 e. The number of benzene rings is 1. The van der Waals surface area contributed by atoms with Crippen molar-refractivity contribution >= 4 is 45.4 Å². The maximum Gasteiger partial charge on any atom is 0.254 e. The Balaban J connectivity index is 1.10. The van der Waals surface area contributed by atoms with E-state index in [0.717, 1.165) is 6.07 Å². The first-order valence-electron chi connectivity index (χ1n) is 13.2. The number of amides is 1. The lowest BCUT2D eigenvalue weighted by atomic mass is 10.1. The van der Waals surface area contributed by atoms with Crippen molar-refractivity contribution in [2.75, 3.05) is 61.9 Å². The highest BCUT2D eigenvalue weighted by Crippen LogP contribution is 2.26. The molecular weight excluding hydrogens is 570 g/mol. The normalized spacial score (nSPS) is 15.1. The summed E-state index contributed by atoms with van der Waals surface area (Å²) in [6.07, 6.45) is 4.74. The Kier molecular flexibility index (Phi) is 7.66. The minimum absolute atomic E-state index is 0.135. The van der Waals surface area contributed by atoms with Crippen LogP contribution < -0.4 is 16.0 Å². The van der Waals surface area contributed by atoms with Gasteiger partial charge in [-0.25, -0.2) is 18.4 Å². The van der Waals surface area contributed by atoms with E-state index >= 15 is 0 Å². The van der Waals surface area contributed by atoms with E-state index in [2.05, 4.69) is 30.4 Å². The van der Waals surface area contributed by atoms with Gasteiger partial charge >= 0.3 is 0 Å². The molecule has 0 aliphatic carbocycles. The third-order valence-corrected chi connectivity index (χ3v) is 7.91. The highest BCUT2D eigenvalue weighted by molar-refractivity contribution is 7.90. The SMILES string of the molecule is C[S+]([O-])CCNC(=O)c1cc(N2CCN(CCn3ncc4c3nc(N)n3nc(-c5ccco5)nc43)CC2)c(F)cc1F. The van der Waals surface area contributed by atoms with Gasteiger partial charge in [0.1, 0.15) is 17.4 Å². The average Bonchev–Trinajstić information content (AvgIpc) is 3.72. The Morgan fingerprint density at radius 3 is 2.69 bits per heavy atom. The number of nitrogens with zero attached hydrogens (tertiary/aromatic N) is 8. The quantitative estimate of drug-likeness (QED) is 0.238. The number of fused-ring (bicyclic) bond motifs is 3. The number of furan rings is 1. The van der Waals surface area contributed by atoms with Gasteiger partial charge in [-0.1, -0.05) is 11.2 Å². The number of anilines is 2. The molecule has 4 aromatic heterocycles. The Bertz CT molecular complexity index is 1730. The molecule has 1 aromatic carbocycles. The number of rotatable bonds is 9. The van der Waals surface area contributed by atoms with Gasteiger partial charge in [0.05, 0.1) is 48.4 Å². The number of carbonyl (C=O) groups is 1. The molecular formula is C26H28F2N10O3S. The van der Waals surface area contributed by atoms with Gasteiger partial charge in [0.25, 0.3) is 5.91 Å². The van der Waals surface area contributed by atoms with Crippen molar-refractivity contribution in [2.24, 2.45) is 0 Å². The number of nitrogens with two attached hydrogens (primary N) is 1. The minimum atomic E-state index is -1.09.